The minimum atomic E-state index is -0.289. The molecule has 64 valence electrons. The summed E-state index contributed by atoms with van der Waals surface area (Å²) in [5.41, 5.74) is 0. The molecule has 0 aliphatic heterocycles. The first kappa shape index (κ1) is 10.4. The summed E-state index contributed by atoms with van der Waals surface area (Å²) in [6.07, 6.45) is 0. The van der Waals surface area contributed by atoms with Gasteiger partial charge in [-0.3, -0.25) is 9.59 Å². The van der Waals surface area contributed by atoms with Crippen LogP contribution in [-0.4, -0.2) is 37.7 Å². The average molecular weight is 177 g/mol. The van der Waals surface area contributed by atoms with E-state index in [4.69, 9.17) is 0 Å². The van der Waals surface area contributed by atoms with Crippen molar-refractivity contribution < 1.29 is 14.3 Å². The van der Waals surface area contributed by atoms with Crippen LogP contribution in [0, 0.1) is 0 Å². The van der Waals surface area contributed by atoms with E-state index in [2.05, 4.69) is 22.7 Å². The molecule has 0 aliphatic carbocycles. The van der Waals surface area contributed by atoms with Crippen LogP contribution < -0.4 is 5.32 Å². The van der Waals surface area contributed by atoms with Gasteiger partial charge < -0.3 is 10.1 Å². The van der Waals surface area contributed by atoms with Gasteiger partial charge in [-0.1, -0.05) is 0 Å². The lowest BCUT2D eigenvalue weighted by atomic mass is 10.4. The van der Waals surface area contributed by atoms with Gasteiger partial charge in [-0.2, -0.15) is 12.6 Å². The van der Waals surface area contributed by atoms with E-state index < -0.39 is 0 Å². The van der Waals surface area contributed by atoms with Gasteiger partial charge in [0.25, 0.3) is 0 Å². The van der Waals surface area contributed by atoms with Gasteiger partial charge in [0.2, 0.25) is 5.91 Å². The predicted octanol–water partition coefficient (Wildman–Crippen LogP) is -0.752. The molecule has 0 radical (unpaired) electrons. The Labute approximate surface area is 70.7 Å². The van der Waals surface area contributed by atoms with Crippen molar-refractivity contribution >= 4 is 24.3 Å². The molecule has 4 nitrogen and oxygen atoms in total. The lowest BCUT2D eigenvalue weighted by Crippen LogP contribution is -2.32. The smallest absolute Gasteiger partial charge is 0.246 e. The molecular weight excluding hydrogens is 166 g/mol. The maximum absolute atomic E-state index is 10.7. The highest BCUT2D eigenvalue weighted by Crippen LogP contribution is 1.76. The number of ether oxygens (including phenoxy) is 1. The summed E-state index contributed by atoms with van der Waals surface area (Å²) in [5, 5.41) is 2.37. The summed E-state index contributed by atoms with van der Waals surface area (Å²) in [7, 11) is 1.42. The molecule has 5 heteroatoms. The van der Waals surface area contributed by atoms with E-state index in [0.29, 0.717) is 0 Å². The highest BCUT2D eigenvalue weighted by atomic mass is 32.1. The van der Waals surface area contributed by atoms with Crippen LogP contribution in [0.5, 0.6) is 0 Å². The largest absolute Gasteiger partial charge is 0.375 e. The third kappa shape index (κ3) is 5.87. The Bertz CT molecular complexity index is 149. The SMILES string of the molecule is COCC(=O)NCC(=O)CS. The summed E-state index contributed by atoms with van der Waals surface area (Å²) >= 11 is 3.74. The number of carbonyl (C=O) groups is 2. The average Bonchev–Trinajstić information content (AvgIpc) is 2.01. The lowest BCUT2D eigenvalue weighted by Gasteiger charge is -2.00. The fourth-order valence-electron chi connectivity index (χ4n) is 0.435. The fourth-order valence-corrected chi connectivity index (χ4v) is 0.547. The Kier molecular flexibility index (Phi) is 5.87. The summed E-state index contributed by atoms with van der Waals surface area (Å²) in [5.74, 6) is -0.256. The third-order valence-electron chi connectivity index (χ3n) is 0.935. The summed E-state index contributed by atoms with van der Waals surface area (Å²) in [6, 6.07) is 0. The molecule has 0 rings (SSSR count). The first-order chi connectivity index (χ1) is 5.20. The van der Waals surface area contributed by atoms with Crippen molar-refractivity contribution in [2.45, 2.75) is 0 Å². The molecule has 0 heterocycles. The van der Waals surface area contributed by atoms with Crippen molar-refractivity contribution in [2.75, 3.05) is 26.0 Å². The molecule has 0 fully saturated rings. The van der Waals surface area contributed by atoms with Gasteiger partial charge in [-0.15, -0.1) is 0 Å². The zero-order chi connectivity index (χ0) is 8.69. The van der Waals surface area contributed by atoms with E-state index in [1.807, 2.05) is 0 Å². The van der Waals surface area contributed by atoms with E-state index in [9.17, 15) is 9.59 Å². The molecule has 1 N–H and O–H groups in total. The van der Waals surface area contributed by atoms with Crippen molar-refractivity contribution in [3.8, 4) is 0 Å². The van der Waals surface area contributed by atoms with Gasteiger partial charge in [-0.05, 0) is 0 Å². The standard InChI is InChI=1S/C6H11NO3S/c1-10-3-6(9)7-2-5(8)4-11/h11H,2-4H2,1H3,(H,7,9). The van der Waals surface area contributed by atoms with Crippen LogP contribution in [0.1, 0.15) is 0 Å². The van der Waals surface area contributed by atoms with Crippen molar-refractivity contribution in [1.29, 1.82) is 0 Å². The van der Waals surface area contributed by atoms with E-state index in [1.54, 1.807) is 0 Å². The van der Waals surface area contributed by atoms with Gasteiger partial charge in [0.15, 0.2) is 5.78 Å². The highest BCUT2D eigenvalue weighted by molar-refractivity contribution is 7.81. The molecule has 0 aromatic heterocycles. The fraction of sp³-hybridized carbons (Fsp3) is 0.667. The molecule has 0 saturated heterocycles. The van der Waals surface area contributed by atoms with E-state index >= 15 is 0 Å². The molecule has 0 atom stereocenters. The number of amides is 1. The van der Waals surface area contributed by atoms with Crippen molar-refractivity contribution in [1.82, 2.24) is 5.32 Å². The van der Waals surface area contributed by atoms with Crippen molar-refractivity contribution in [3.63, 3.8) is 0 Å². The molecule has 1 amide bonds. The van der Waals surface area contributed by atoms with Crippen LogP contribution in [-0.2, 0) is 14.3 Å². The first-order valence-corrected chi connectivity index (χ1v) is 3.72. The minimum Gasteiger partial charge on any atom is -0.375 e. The number of rotatable bonds is 5. The maximum Gasteiger partial charge on any atom is 0.246 e. The van der Waals surface area contributed by atoms with Crippen LogP contribution in [0.25, 0.3) is 0 Å². The number of ketones is 1. The number of Topliss-reactive ketones (excluding diaryl/α,β-unsaturated/α-hetero) is 1. The summed E-state index contributed by atoms with van der Waals surface area (Å²) < 4.78 is 4.53. The number of hydrogen-bond acceptors (Lipinski definition) is 4. The molecule has 0 saturated carbocycles. The third-order valence-corrected chi connectivity index (χ3v) is 1.29. The van der Waals surface area contributed by atoms with Gasteiger partial charge in [0, 0.05) is 7.11 Å². The topological polar surface area (TPSA) is 55.4 Å². The molecule has 0 aromatic rings. The molecule has 0 unspecified atom stereocenters. The Morgan fingerprint density at radius 3 is 2.64 bits per heavy atom. The maximum atomic E-state index is 10.7. The van der Waals surface area contributed by atoms with Crippen LogP contribution in [0.15, 0.2) is 0 Å². The van der Waals surface area contributed by atoms with Crippen molar-refractivity contribution in [3.05, 3.63) is 0 Å². The molecule has 0 aliphatic rings. The van der Waals surface area contributed by atoms with E-state index in [0.717, 1.165) is 0 Å². The Morgan fingerprint density at radius 1 is 1.55 bits per heavy atom. The first-order valence-electron chi connectivity index (χ1n) is 3.09. The zero-order valence-corrected chi connectivity index (χ0v) is 7.19. The molecule has 0 spiro atoms. The van der Waals surface area contributed by atoms with Crippen LogP contribution in [0.3, 0.4) is 0 Å². The minimum absolute atomic E-state index is 0.0140. The predicted molar refractivity (Wildman–Crippen MR) is 43.7 cm³/mol. The molecular formula is C6H11NO3S. The second kappa shape index (κ2) is 6.18. The van der Waals surface area contributed by atoms with Crippen LogP contribution in [0.4, 0.5) is 0 Å². The monoisotopic (exact) mass is 177 g/mol. The number of nitrogens with one attached hydrogen (secondary N) is 1. The lowest BCUT2D eigenvalue weighted by molar-refractivity contribution is -0.127. The van der Waals surface area contributed by atoms with Gasteiger partial charge in [0.1, 0.15) is 6.61 Å². The second-order valence-corrected chi connectivity index (χ2v) is 2.22. The Morgan fingerprint density at radius 2 is 2.18 bits per heavy atom. The number of carbonyl (C=O) groups excluding carboxylic acids is 2. The van der Waals surface area contributed by atoms with Gasteiger partial charge >= 0.3 is 0 Å². The molecule has 0 aromatic carbocycles. The summed E-state index contributed by atoms with van der Waals surface area (Å²) in [6.45, 7) is 0.0194. The van der Waals surface area contributed by atoms with Gasteiger partial charge in [-0.25, -0.2) is 0 Å². The van der Waals surface area contributed by atoms with E-state index in [1.165, 1.54) is 7.11 Å². The molecule has 11 heavy (non-hydrogen) atoms. The Hall–Kier alpha value is -0.550. The van der Waals surface area contributed by atoms with Crippen molar-refractivity contribution in [2.24, 2.45) is 0 Å². The van der Waals surface area contributed by atoms with Gasteiger partial charge in [0.05, 0.1) is 12.3 Å². The van der Waals surface area contributed by atoms with E-state index in [-0.39, 0.29) is 30.6 Å². The highest BCUT2D eigenvalue weighted by Gasteiger charge is 2.02. The normalized spacial score (nSPS) is 9.27. The van der Waals surface area contributed by atoms with Crippen LogP contribution >= 0.6 is 12.6 Å². The summed E-state index contributed by atoms with van der Waals surface area (Å²) in [4.78, 5) is 21.2. The zero-order valence-electron chi connectivity index (χ0n) is 6.29. The van der Waals surface area contributed by atoms with Crippen LogP contribution in [0.2, 0.25) is 0 Å². The molecule has 0 bridgehead atoms. The number of methoxy groups -OCH3 is 1. The number of thiol groups is 1. The Balaban J connectivity index is 3.38. The quantitative estimate of drug-likeness (QED) is 0.543. The second-order valence-electron chi connectivity index (χ2n) is 1.91. The number of hydrogen-bond donors (Lipinski definition) is 2.